The summed E-state index contributed by atoms with van der Waals surface area (Å²) in [6.45, 7) is 39.6. The van der Waals surface area contributed by atoms with Gasteiger partial charge >= 0.3 is 17.1 Å². The number of pyridine rings is 3. The molecule has 136 heavy (non-hydrogen) atoms. The molecule has 6 aromatic carbocycles. The molecule has 12 heterocycles. The van der Waals surface area contributed by atoms with Crippen molar-refractivity contribution in [1.29, 1.82) is 0 Å². The third kappa shape index (κ3) is 16.5. The van der Waals surface area contributed by atoms with Crippen molar-refractivity contribution in [3.63, 3.8) is 0 Å². The predicted octanol–water partition coefficient (Wildman–Crippen LogP) is 16.0. The van der Waals surface area contributed by atoms with E-state index >= 15 is 17.6 Å². The van der Waals surface area contributed by atoms with E-state index in [1.54, 1.807) is 57.9 Å². The van der Waals surface area contributed by atoms with Gasteiger partial charge in [-0.3, -0.25) is 14.4 Å². The van der Waals surface area contributed by atoms with Crippen LogP contribution in [-0.4, -0.2) is 181 Å². The molecule has 702 valence electrons. The molecule has 0 aliphatic carbocycles. The van der Waals surface area contributed by atoms with Gasteiger partial charge in [-0.1, -0.05) is 103 Å². The smallest absolute Gasteiger partial charge is 0.355 e. The Hall–Kier alpha value is -14.7. The van der Waals surface area contributed by atoms with E-state index in [2.05, 4.69) is 54.6 Å². The Morgan fingerprint density at radius 1 is 0.412 bits per heavy atom. The standard InChI is InChI=1S/C34H36F2N8O2.2C33H34ClFN8O2/c1-8-26(45)42-14-20(6)43(15-19(42)5)32-21-13-23(36)29(28-22(35)10-9-11-24(28)37)39-33(21)44(34(46)40-32)31-18(4)12-25-30(27(31)17(2)3)38-16-41(25)7;2*1-7-25(44)41-11-12-42(19(5)15-41)31-20-14-21(34)28(27-22(35)9-8-10-23(27)36)38-32(20)43(33(45)39-31)30-18(4)13-24-29(26(30)17(2)3)37-16-40(24)6/h8-13,16-17,19-20H,1,14-15,37H2,2-7H3;2*7-10,13-14,16-17,19H,1,11-12,15,36H2,2-6H3/t19-,20+;2*19-/m100/s1. The van der Waals surface area contributed by atoms with Gasteiger partial charge in [-0.15, -0.1) is 0 Å². The number of anilines is 6. The molecule has 3 saturated heterocycles. The number of nitrogens with zero attached hydrogens (tertiary/aromatic N) is 21. The van der Waals surface area contributed by atoms with Gasteiger partial charge in [0.1, 0.15) is 40.6 Å². The SMILES string of the molecule is C=CC(=O)N1CCN(c2nc(=O)n(-c3c(C)cc4c(ncn4C)c3C(C)C)c3nc(-c4c(N)cccc4F)c(Cl)cc23)[C@@H](C)C1.C=CC(=O)N1CCN(c2nc(=O)n(-c3c(C)cc4c(ncn4C)c3C(C)C)c3nc(-c4c(N)cccc4F)c(Cl)cc23)[C@@H](C)C1.C=CC(=O)N1C[C@H](C)N(c2nc(=O)n(-c3c(C)cc4c(ncn4C)c3C(C)C)c3nc(-c4c(N)cccc4F)c(F)cc23)C[C@H]1C. The zero-order chi connectivity index (χ0) is 97.8. The van der Waals surface area contributed by atoms with Crippen molar-refractivity contribution in [3.05, 3.63) is 246 Å². The van der Waals surface area contributed by atoms with Crippen molar-refractivity contribution in [2.45, 2.75) is 132 Å². The highest BCUT2D eigenvalue weighted by Gasteiger charge is 2.39. The zero-order valence-corrected chi connectivity index (χ0v) is 79.8. The summed E-state index contributed by atoms with van der Waals surface area (Å²) in [5.41, 5.74) is 29.3. The van der Waals surface area contributed by atoms with Crippen molar-refractivity contribution in [3.8, 4) is 50.8 Å². The molecule has 15 aromatic rings. The van der Waals surface area contributed by atoms with Crippen LogP contribution in [0.1, 0.15) is 120 Å². The summed E-state index contributed by atoms with van der Waals surface area (Å²) in [6.07, 6.45) is 9.08. The number of nitrogen functional groups attached to an aromatic ring is 3. The molecule has 0 saturated carbocycles. The highest BCUT2D eigenvalue weighted by Crippen LogP contribution is 2.45. The third-order valence-corrected chi connectivity index (χ3v) is 26.4. The van der Waals surface area contributed by atoms with E-state index in [1.165, 1.54) is 80.5 Å². The lowest BCUT2D eigenvalue weighted by Crippen LogP contribution is -2.58. The van der Waals surface area contributed by atoms with E-state index in [1.807, 2.05) is 158 Å². The number of benzene rings is 6. The Morgan fingerprint density at radius 2 is 0.728 bits per heavy atom. The van der Waals surface area contributed by atoms with Crippen LogP contribution in [0.2, 0.25) is 10.0 Å². The molecular formula is C100H104Cl2F4N24O6. The fourth-order valence-electron chi connectivity index (χ4n) is 19.3. The lowest BCUT2D eigenvalue weighted by molar-refractivity contribution is -0.129. The number of aryl methyl sites for hydroxylation is 6. The highest BCUT2D eigenvalue weighted by atomic mass is 35.5. The van der Waals surface area contributed by atoms with E-state index in [-0.39, 0.29) is 149 Å². The molecule has 30 nitrogen and oxygen atoms in total. The third-order valence-electron chi connectivity index (χ3n) is 25.8. The number of piperazine rings is 3. The molecule has 0 spiro atoms. The average molecular weight is 1880 g/mol. The summed E-state index contributed by atoms with van der Waals surface area (Å²) in [6, 6.07) is 22.4. The van der Waals surface area contributed by atoms with E-state index < -0.39 is 40.3 Å². The fourth-order valence-corrected chi connectivity index (χ4v) is 19.8. The van der Waals surface area contributed by atoms with Crippen LogP contribution in [0.15, 0.2) is 162 Å². The lowest BCUT2D eigenvalue weighted by Gasteiger charge is -2.44. The Balaban J connectivity index is 0.000000148. The number of carbonyl (C=O) groups excluding carboxylic acids is 3. The van der Waals surface area contributed by atoms with Gasteiger partial charge in [-0.2, -0.15) is 15.0 Å². The van der Waals surface area contributed by atoms with Crippen LogP contribution in [0.3, 0.4) is 0 Å². The number of rotatable bonds is 15. The molecule has 3 amide bonds. The van der Waals surface area contributed by atoms with E-state index in [0.717, 1.165) is 61.0 Å². The van der Waals surface area contributed by atoms with Crippen molar-refractivity contribution in [2.24, 2.45) is 21.1 Å². The first-order chi connectivity index (χ1) is 64.7. The number of nitrogens with two attached hydrogens (primary N) is 3. The van der Waals surface area contributed by atoms with Crippen LogP contribution in [0.25, 0.3) is 117 Å². The Morgan fingerprint density at radius 3 is 1.05 bits per heavy atom. The summed E-state index contributed by atoms with van der Waals surface area (Å²) < 4.78 is 72.0. The second-order valence-electron chi connectivity index (χ2n) is 35.9. The number of halogens is 6. The Labute approximate surface area is 790 Å². The maximum Gasteiger partial charge on any atom is 0.355 e. The first-order valence-electron chi connectivity index (χ1n) is 44.6. The second kappa shape index (κ2) is 37.0. The maximum absolute atomic E-state index is 16.1. The largest absolute Gasteiger partial charge is 0.398 e. The van der Waals surface area contributed by atoms with Gasteiger partial charge in [-0.25, -0.2) is 75.6 Å². The molecule has 4 atom stereocenters. The minimum Gasteiger partial charge on any atom is -0.398 e. The van der Waals surface area contributed by atoms with Crippen molar-refractivity contribution in [2.75, 3.05) is 84.3 Å². The van der Waals surface area contributed by atoms with Gasteiger partial charge in [0.2, 0.25) is 17.7 Å². The molecule has 0 radical (unpaired) electrons. The lowest BCUT2D eigenvalue weighted by atomic mass is 9.95. The van der Waals surface area contributed by atoms with Crippen LogP contribution in [0, 0.1) is 44.0 Å². The van der Waals surface area contributed by atoms with Crippen molar-refractivity contribution in [1.82, 2.24) is 87.0 Å². The van der Waals surface area contributed by atoms with Crippen LogP contribution in [0.4, 0.5) is 52.1 Å². The van der Waals surface area contributed by atoms with Gasteiger partial charge in [-0.05, 0) is 174 Å². The highest BCUT2D eigenvalue weighted by molar-refractivity contribution is 6.34. The number of aromatic nitrogens is 15. The van der Waals surface area contributed by atoms with Gasteiger partial charge in [0, 0.05) is 131 Å². The number of imidazole rings is 3. The van der Waals surface area contributed by atoms with E-state index in [9.17, 15) is 28.8 Å². The molecule has 36 heteroatoms. The summed E-state index contributed by atoms with van der Waals surface area (Å²) >= 11 is 13.7. The molecule has 0 bridgehead atoms. The number of hydrogen-bond donors (Lipinski definition) is 3. The quantitative estimate of drug-likeness (QED) is 0.0487. The molecule has 18 rings (SSSR count). The molecular weight excluding hydrogens is 1780 g/mol. The Bertz CT molecular complexity index is 7350. The number of hydrogen-bond acceptors (Lipinski definition) is 21. The zero-order valence-electron chi connectivity index (χ0n) is 78.3. The summed E-state index contributed by atoms with van der Waals surface area (Å²) in [5, 5.41) is 1.57. The summed E-state index contributed by atoms with van der Waals surface area (Å²) in [4.78, 5) is 134. The van der Waals surface area contributed by atoms with Gasteiger partial charge in [0.05, 0.1) is 123 Å². The van der Waals surface area contributed by atoms with Gasteiger partial charge in [0.25, 0.3) is 0 Å². The summed E-state index contributed by atoms with van der Waals surface area (Å²) in [5.74, 6) is -2.38. The first kappa shape index (κ1) is 94.5. The second-order valence-corrected chi connectivity index (χ2v) is 36.8. The summed E-state index contributed by atoms with van der Waals surface area (Å²) in [7, 11) is 5.75. The topological polar surface area (TPSA) is 346 Å². The van der Waals surface area contributed by atoms with Crippen molar-refractivity contribution < 1.29 is 31.9 Å². The minimum atomic E-state index is -0.820. The monoisotopic (exact) mass is 1880 g/mol. The van der Waals surface area contributed by atoms with E-state index in [4.69, 9.17) is 50.4 Å². The molecule has 3 aliphatic heterocycles. The molecule has 0 unspecified atom stereocenters. The molecule has 3 fully saturated rings. The Kier molecular flexibility index (Phi) is 25.7. The van der Waals surface area contributed by atoms with Crippen molar-refractivity contribution >= 4 is 142 Å². The molecule has 3 aliphatic rings. The number of amides is 3. The number of carbonyl (C=O) groups is 3. The molecule has 9 aromatic heterocycles. The van der Waals surface area contributed by atoms with E-state index in [0.29, 0.717) is 97.3 Å². The predicted molar refractivity (Wildman–Crippen MR) is 529 cm³/mol. The molecule has 6 N–H and O–H groups in total. The normalized spacial score (nSPS) is 15.9. The fraction of sp³-hybridized carbons (Fsp3) is 0.310. The van der Waals surface area contributed by atoms with Crippen LogP contribution >= 0.6 is 23.2 Å². The van der Waals surface area contributed by atoms with Crippen LogP contribution in [0.5, 0.6) is 0 Å². The van der Waals surface area contributed by atoms with Crippen LogP contribution < -0.4 is 49.0 Å². The van der Waals surface area contributed by atoms with Gasteiger partial charge in [0.15, 0.2) is 22.8 Å². The number of fused-ring (bicyclic) bond motifs is 6. The minimum absolute atomic E-state index is 0.00772. The maximum atomic E-state index is 16.1. The van der Waals surface area contributed by atoms with Crippen LogP contribution in [-0.2, 0) is 35.5 Å². The van der Waals surface area contributed by atoms with Gasteiger partial charge < -0.3 is 60.3 Å². The average Bonchev–Trinajstić information content (AvgIpc) is 1.05. The first-order valence-corrected chi connectivity index (χ1v) is 45.4.